The summed E-state index contributed by atoms with van der Waals surface area (Å²) in [7, 11) is 2.39. The number of ether oxygens (including phenoxy) is 6. The van der Waals surface area contributed by atoms with Crippen LogP contribution in [0.25, 0.3) is 0 Å². The van der Waals surface area contributed by atoms with Gasteiger partial charge in [-0.3, -0.25) is 14.4 Å². The number of hydrogen-bond donors (Lipinski definition) is 3. The van der Waals surface area contributed by atoms with Gasteiger partial charge in [0.25, 0.3) is 0 Å². The number of allylic oxidation sites excluding steroid dienone is 1. The monoisotopic (exact) mass is 552 g/mol. The molecule has 12 heteroatoms. The summed E-state index contributed by atoms with van der Waals surface area (Å²) in [6.45, 7) is 9.49. The maximum atomic E-state index is 14.2. The van der Waals surface area contributed by atoms with Gasteiger partial charge in [0.05, 0.1) is 32.3 Å². The highest BCUT2D eigenvalue weighted by Gasteiger charge is 2.98. The maximum Gasteiger partial charge on any atom is 0.321 e. The molecule has 11 atom stereocenters. The molecule has 0 unspecified atom stereocenters. The predicted molar refractivity (Wildman–Crippen MR) is 127 cm³/mol. The summed E-state index contributed by atoms with van der Waals surface area (Å²) in [6, 6.07) is 0. The number of rotatable bonds is 4. The second-order valence-corrected chi connectivity index (χ2v) is 12.9. The summed E-state index contributed by atoms with van der Waals surface area (Å²) in [5.74, 6) is -5.60. The minimum absolute atomic E-state index is 0.0348. The Hall–Kier alpha value is -2.09. The van der Waals surface area contributed by atoms with Crippen molar-refractivity contribution in [1.82, 2.24) is 0 Å². The van der Waals surface area contributed by atoms with Gasteiger partial charge in [0, 0.05) is 5.41 Å². The Morgan fingerprint density at radius 3 is 2.31 bits per heavy atom. The second kappa shape index (κ2) is 7.21. The second-order valence-electron chi connectivity index (χ2n) is 12.9. The lowest BCUT2D eigenvalue weighted by molar-refractivity contribution is -0.418. The van der Waals surface area contributed by atoms with Crippen LogP contribution in [0.3, 0.4) is 0 Å². The zero-order valence-electron chi connectivity index (χ0n) is 23.3. The van der Waals surface area contributed by atoms with Crippen molar-refractivity contribution < 1.29 is 58.1 Å². The first kappa shape index (κ1) is 27.1. The molecule has 3 N–H and O–H groups in total. The highest BCUT2D eigenvalue weighted by molar-refractivity contribution is 5.90. The van der Waals surface area contributed by atoms with E-state index in [-0.39, 0.29) is 12.8 Å². The third-order valence-electron chi connectivity index (χ3n) is 11.2. The summed E-state index contributed by atoms with van der Waals surface area (Å²) >= 11 is 0. The van der Waals surface area contributed by atoms with Gasteiger partial charge in [-0.05, 0) is 52.5 Å². The van der Waals surface area contributed by atoms with E-state index < -0.39 is 87.3 Å². The van der Waals surface area contributed by atoms with Crippen molar-refractivity contribution >= 4 is 17.9 Å². The number of carbonyl (C=O) groups is 3. The van der Waals surface area contributed by atoms with Crippen molar-refractivity contribution in [3.05, 3.63) is 11.1 Å². The lowest BCUT2D eigenvalue weighted by atomic mass is 9.36. The molecule has 6 rings (SSSR count). The highest BCUT2D eigenvalue weighted by atomic mass is 16.8. The van der Waals surface area contributed by atoms with Crippen LogP contribution in [0.1, 0.15) is 54.4 Å². The molecule has 0 spiro atoms. The number of carbonyl (C=O) groups excluding carboxylic acids is 3. The Kier molecular flexibility index (Phi) is 5.01. The fourth-order valence-corrected chi connectivity index (χ4v) is 9.32. The average molecular weight is 553 g/mol. The molecule has 216 valence electrons. The topological polar surface area (TPSA) is 171 Å². The van der Waals surface area contributed by atoms with Crippen molar-refractivity contribution in [2.24, 2.45) is 22.2 Å². The lowest BCUT2D eigenvalue weighted by Gasteiger charge is -2.66. The quantitative estimate of drug-likeness (QED) is 0.186. The van der Waals surface area contributed by atoms with E-state index in [1.807, 2.05) is 0 Å². The van der Waals surface area contributed by atoms with Crippen molar-refractivity contribution in [3.8, 4) is 0 Å². The SMILES string of the molecule is COC(=O)CC1=C(C)[C@@H]2C[C@@]3(C)C(=O)O[C@H]4O[C@@H](C)[C@@]5(O)O[C@@H]([C@@H]6O[C@]16C(C)(C)O)[C@]2(C)[C@@]5(C(=O)OC)[C@]43O. The number of hydrogen-bond acceptors (Lipinski definition) is 12. The van der Waals surface area contributed by atoms with Gasteiger partial charge in [-0.2, -0.15) is 0 Å². The fraction of sp³-hybridized carbons (Fsp3) is 0.815. The first-order valence-electron chi connectivity index (χ1n) is 13.2. The molecule has 4 saturated heterocycles. The number of epoxide rings is 1. The molecule has 5 fully saturated rings. The molecule has 0 aromatic rings. The zero-order valence-corrected chi connectivity index (χ0v) is 23.3. The van der Waals surface area contributed by atoms with Crippen LogP contribution in [0, 0.1) is 22.2 Å². The van der Waals surface area contributed by atoms with Gasteiger partial charge in [-0.15, -0.1) is 0 Å². The lowest BCUT2D eigenvalue weighted by Crippen LogP contribution is -2.84. The van der Waals surface area contributed by atoms with Crippen molar-refractivity contribution in [2.45, 2.75) is 102 Å². The number of methoxy groups -OCH3 is 2. The number of esters is 3. The molecule has 4 aliphatic heterocycles. The third-order valence-corrected chi connectivity index (χ3v) is 11.2. The number of fused-ring (bicyclic) bond motifs is 2. The smallest absolute Gasteiger partial charge is 0.321 e. The molecule has 2 aliphatic carbocycles. The molecule has 1 saturated carbocycles. The van der Waals surface area contributed by atoms with Gasteiger partial charge < -0.3 is 43.7 Å². The van der Waals surface area contributed by atoms with Crippen LogP contribution in [0.5, 0.6) is 0 Å². The van der Waals surface area contributed by atoms with Crippen LogP contribution in [0.15, 0.2) is 11.1 Å². The summed E-state index contributed by atoms with van der Waals surface area (Å²) in [4.78, 5) is 40.4. The summed E-state index contributed by atoms with van der Waals surface area (Å²) < 4.78 is 34.5. The van der Waals surface area contributed by atoms with Crippen molar-refractivity contribution in [1.29, 1.82) is 0 Å². The van der Waals surface area contributed by atoms with E-state index in [0.717, 1.165) is 7.11 Å². The molecule has 39 heavy (non-hydrogen) atoms. The molecule has 12 nitrogen and oxygen atoms in total. The third kappa shape index (κ3) is 2.37. The Balaban J connectivity index is 1.75. The standard InChI is InChI=1S/C27H36O12/c1-11-13(9-15(28)34-7)24(21(3,4)31)17(38-24)16-23(6)14(11)10-22(5)18(29)37-20-26(22,32)25(23,19(30)35-8)27(33,39-16)12(2)36-20/h12,14,16-17,20,31-33H,9-10H2,1-8H3/t12-,14-,16-,17-,20+,22-,23+,24+,25-,26-,27+/m0/s1. The van der Waals surface area contributed by atoms with Crippen LogP contribution in [-0.2, 0) is 42.8 Å². The molecule has 6 aliphatic rings. The van der Waals surface area contributed by atoms with E-state index in [2.05, 4.69) is 0 Å². The molecule has 0 aromatic carbocycles. The van der Waals surface area contributed by atoms with E-state index in [4.69, 9.17) is 28.4 Å². The molecule has 0 amide bonds. The molecule has 4 heterocycles. The normalized spacial score (nSPS) is 52.9. The first-order valence-corrected chi connectivity index (χ1v) is 13.2. The van der Waals surface area contributed by atoms with Crippen LogP contribution in [-0.4, -0.2) is 94.6 Å². The Morgan fingerprint density at radius 1 is 1.10 bits per heavy atom. The largest absolute Gasteiger partial charge is 0.469 e. The Bertz CT molecular complexity index is 1240. The van der Waals surface area contributed by atoms with Crippen LogP contribution in [0.2, 0.25) is 0 Å². The van der Waals surface area contributed by atoms with Gasteiger partial charge in [-0.1, -0.05) is 12.5 Å². The van der Waals surface area contributed by atoms with Gasteiger partial charge in [0.15, 0.2) is 11.0 Å². The van der Waals surface area contributed by atoms with Gasteiger partial charge >= 0.3 is 17.9 Å². The van der Waals surface area contributed by atoms with Crippen LogP contribution < -0.4 is 0 Å². The molecule has 0 radical (unpaired) electrons. The van der Waals surface area contributed by atoms with Crippen molar-refractivity contribution in [2.75, 3.05) is 14.2 Å². The highest BCUT2D eigenvalue weighted by Crippen LogP contribution is 2.82. The first-order chi connectivity index (χ1) is 17.9. The molecule has 0 aromatic heterocycles. The van der Waals surface area contributed by atoms with Crippen LogP contribution >= 0.6 is 0 Å². The molecule has 0 bridgehead atoms. The van der Waals surface area contributed by atoms with Gasteiger partial charge in [0.2, 0.25) is 12.1 Å². The molecular weight excluding hydrogens is 516 g/mol. The van der Waals surface area contributed by atoms with E-state index in [1.54, 1.807) is 27.7 Å². The maximum absolute atomic E-state index is 14.2. The van der Waals surface area contributed by atoms with Crippen molar-refractivity contribution in [3.63, 3.8) is 0 Å². The molecular formula is C27H36O12. The van der Waals surface area contributed by atoms with E-state index in [0.29, 0.717) is 11.1 Å². The van der Waals surface area contributed by atoms with E-state index >= 15 is 0 Å². The Morgan fingerprint density at radius 2 is 1.74 bits per heavy atom. The fourth-order valence-electron chi connectivity index (χ4n) is 9.32. The van der Waals surface area contributed by atoms with Gasteiger partial charge in [0.1, 0.15) is 23.2 Å². The van der Waals surface area contributed by atoms with Gasteiger partial charge in [-0.25, -0.2) is 0 Å². The van der Waals surface area contributed by atoms with E-state index in [1.165, 1.54) is 21.0 Å². The summed E-state index contributed by atoms with van der Waals surface area (Å²) in [5, 5.41) is 36.7. The van der Waals surface area contributed by atoms with E-state index in [9.17, 15) is 29.7 Å². The van der Waals surface area contributed by atoms with Crippen LogP contribution in [0.4, 0.5) is 0 Å². The number of aliphatic hydroxyl groups is 3. The summed E-state index contributed by atoms with van der Waals surface area (Å²) in [5.41, 5.74) is -9.96. The Labute approximate surface area is 225 Å². The average Bonchev–Trinajstić information content (AvgIpc) is 3.53. The zero-order chi connectivity index (χ0) is 28.9. The predicted octanol–water partition coefficient (Wildman–Crippen LogP) is 0.100. The minimum Gasteiger partial charge on any atom is -0.469 e. The minimum atomic E-state index is -2.49. The summed E-state index contributed by atoms with van der Waals surface area (Å²) in [6.07, 6.45) is -5.18.